The maximum atomic E-state index is 12.6. The van der Waals surface area contributed by atoms with Gasteiger partial charge in [0.05, 0.1) is 25.8 Å². The summed E-state index contributed by atoms with van der Waals surface area (Å²) in [5.74, 6) is 0.209. The van der Waals surface area contributed by atoms with Crippen molar-refractivity contribution in [2.24, 2.45) is 5.92 Å². The molecule has 6 nitrogen and oxygen atoms in total. The number of hydrogen-bond acceptors (Lipinski definition) is 4. The number of carbonyl (C=O) groups is 2. The van der Waals surface area contributed by atoms with E-state index in [0.717, 1.165) is 0 Å². The van der Waals surface area contributed by atoms with Gasteiger partial charge >= 0.3 is 0 Å². The van der Waals surface area contributed by atoms with Gasteiger partial charge in [0.2, 0.25) is 11.8 Å². The summed E-state index contributed by atoms with van der Waals surface area (Å²) >= 11 is 11.9. The first-order valence-corrected chi connectivity index (χ1v) is 8.96. The molecule has 1 N–H and O–H groups in total. The number of nitrogens with one attached hydrogen (secondary N) is 1. The van der Waals surface area contributed by atoms with E-state index >= 15 is 0 Å². The number of halogens is 2. The fourth-order valence-corrected chi connectivity index (χ4v) is 3.52. The summed E-state index contributed by atoms with van der Waals surface area (Å²) in [5, 5.41) is 3.61. The molecule has 142 valence electrons. The Kier molecular flexibility index (Phi) is 5.77. The van der Waals surface area contributed by atoms with Gasteiger partial charge in [-0.15, -0.1) is 0 Å². The lowest BCUT2D eigenvalue weighted by atomic mass is 10.1. The maximum Gasteiger partial charge on any atom is 0.229 e. The van der Waals surface area contributed by atoms with Crippen LogP contribution in [0.1, 0.15) is 6.42 Å². The van der Waals surface area contributed by atoms with E-state index in [0.29, 0.717) is 32.9 Å². The van der Waals surface area contributed by atoms with Crippen molar-refractivity contribution >= 4 is 46.4 Å². The number of amides is 2. The molecule has 1 heterocycles. The first kappa shape index (κ1) is 19.3. The summed E-state index contributed by atoms with van der Waals surface area (Å²) in [7, 11) is 3.07. The number of methoxy groups -OCH3 is 2. The highest BCUT2D eigenvalue weighted by atomic mass is 35.5. The zero-order valence-electron chi connectivity index (χ0n) is 14.8. The standard InChI is InChI=1S/C19H18Cl2N2O4/c1-26-15-3-4-16(17(9-15)27-2)23-10-11(5-18(23)24)19(25)22-14-7-12(20)6-13(21)8-14/h3-4,6-9,11H,5,10H2,1-2H3,(H,22,25)/t11-/m0/s1. The van der Waals surface area contributed by atoms with Crippen LogP contribution in [0.15, 0.2) is 36.4 Å². The second kappa shape index (κ2) is 8.06. The molecule has 0 saturated carbocycles. The summed E-state index contributed by atoms with van der Waals surface area (Å²) in [6.07, 6.45) is 0.106. The van der Waals surface area contributed by atoms with Crippen molar-refractivity contribution in [2.75, 3.05) is 31.0 Å². The zero-order chi connectivity index (χ0) is 19.6. The first-order valence-electron chi connectivity index (χ1n) is 8.20. The second-order valence-corrected chi connectivity index (χ2v) is 6.96. The van der Waals surface area contributed by atoms with Crippen molar-refractivity contribution in [3.8, 4) is 11.5 Å². The van der Waals surface area contributed by atoms with Crippen molar-refractivity contribution in [2.45, 2.75) is 6.42 Å². The van der Waals surface area contributed by atoms with E-state index in [9.17, 15) is 9.59 Å². The number of carbonyl (C=O) groups excluding carboxylic acids is 2. The normalized spacial score (nSPS) is 16.4. The average Bonchev–Trinajstić information content (AvgIpc) is 3.02. The van der Waals surface area contributed by atoms with Crippen LogP contribution in [0.4, 0.5) is 11.4 Å². The quantitative estimate of drug-likeness (QED) is 0.811. The topological polar surface area (TPSA) is 67.9 Å². The molecule has 1 atom stereocenters. The van der Waals surface area contributed by atoms with Crippen LogP contribution in [-0.2, 0) is 9.59 Å². The van der Waals surface area contributed by atoms with Gasteiger partial charge < -0.3 is 19.7 Å². The van der Waals surface area contributed by atoms with Crippen molar-refractivity contribution in [1.29, 1.82) is 0 Å². The van der Waals surface area contributed by atoms with E-state index in [-0.39, 0.29) is 24.8 Å². The lowest BCUT2D eigenvalue weighted by Gasteiger charge is -2.20. The molecule has 0 aliphatic carbocycles. The fourth-order valence-electron chi connectivity index (χ4n) is 2.99. The molecule has 0 spiro atoms. The van der Waals surface area contributed by atoms with Crippen LogP contribution >= 0.6 is 23.2 Å². The van der Waals surface area contributed by atoms with Crippen LogP contribution in [0.5, 0.6) is 11.5 Å². The van der Waals surface area contributed by atoms with Gasteiger partial charge in [0.15, 0.2) is 0 Å². The highest BCUT2D eigenvalue weighted by Crippen LogP contribution is 2.36. The molecule has 0 bridgehead atoms. The minimum Gasteiger partial charge on any atom is -0.497 e. The lowest BCUT2D eigenvalue weighted by Crippen LogP contribution is -2.28. The minimum absolute atomic E-state index is 0.106. The molecular weight excluding hydrogens is 391 g/mol. The zero-order valence-corrected chi connectivity index (χ0v) is 16.3. The minimum atomic E-state index is -0.498. The van der Waals surface area contributed by atoms with Gasteiger partial charge in [-0.05, 0) is 30.3 Å². The highest BCUT2D eigenvalue weighted by molar-refractivity contribution is 6.35. The number of benzene rings is 2. The predicted octanol–water partition coefficient (Wildman–Crippen LogP) is 4.00. The Bertz CT molecular complexity index is 868. The molecule has 2 aromatic rings. The molecule has 2 aromatic carbocycles. The summed E-state index contributed by atoms with van der Waals surface area (Å²) in [6.45, 7) is 0.252. The van der Waals surface area contributed by atoms with Crippen molar-refractivity contribution < 1.29 is 19.1 Å². The maximum absolute atomic E-state index is 12.6. The van der Waals surface area contributed by atoms with E-state index in [1.807, 2.05) is 0 Å². The Morgan fingerprint density at radius 3 is 2.44 bits per heavy atom. The largest absolute Gasteiger partial charge is 0.497 e. The molecule has 1 fully saturated rings. The Labute approximate surface area is 167 Å². The molecule has 1 aliphatic heterocycles. The van der Waals surface area contributed by atoms with E-state index in [4.69, 9.17) is 32.7 Å². The molecule has 0 aromatic heterocycles. The Balaban J connectivity index is 1.76. The summed E-state index contributed by atoms with van der Waals surface area (Å²) in [6, 6.07) is 9.97. The molecule has 3 rings (SSSR count). The average molecular weight is 409 g/mol. The van der Waals surface area contributed by atoms with Gasteiger partial charge in [-0.25, -0.2) is 0 Å². The summed E-state index contributed by atoms with van der Waals surface area (Å²) in [5.41, 5.74) is 1.09. The monoisotopic (exact) mass is 408 g/mol. The van der Waals surface area contributed by atoms with Gasteiger partial charge in [0.25, 0.3) is 0 Å². The van der Waals surface area contributed by atoms with Crippen LogP contribution in [0, 0.1) is 5.92 Å². The van der Waals surface area contributed by atoms with Gasteiger partial charge in [0, 0.05) is 34.8 Å². The Hall–Kier alpha value is -2.44. The summed E-state index contributed by atoms with van der Waals surface area (Å²) < 4.78 is 10.5. The van der Waals surface area contributed by atoms with Gasteiger partial charge in [0.1, 0.15) is 11.5 Å². The van der Waals surface area contributed by atoms with Crippen molar-refractivity contribution in [3.05, 3.63) is 46.4 Å². The number of anilines is 2. The molecule has 1 aliphatic rings. The van der Waals surface area contributed by atoms with E-state index in [2.05, 4.69) is 5.32 Å². The smallest absolute Gasteiger partial charge is 0.229 e. The third-order valence-corrected chi connectivity index (χ3v) is 4.74. The van der Waals surface area contributed by atoms with E-state index < -0.39 is 5.92 Å². The van der Waals surface area contributed by atoms with Crippen LogP contribution in [0.25, 0.3) is 0 Å². The molecule has 0 unspecified atom stereocenters. The number of ether oxygens (including phenoxy) is 2. The number of nitrogens with zero attached hydrogens (tertiary/aromatic N) is 1. The Morgan fingerprint density at radius 2 is 1.81 bits per heavy atom. The second-order valence-electron chi connectivity index (χ2n) is 6.09. The van der Waals surface area contributed by atoms with Crippen LogP contribution in [0.2, 0.25) is 10.0 Å². The van der Waals surface area contributed by atoms with E-state index in [1.165, 1.54) is 7.11 Å². The lowest BCUT2D eigenvalue weighted by molar-refractivity contribution is -0.122. The van der Waals surface area contributed by atoms with Crippen molar-refractivity contribution in [3.63, 3.8) is 0 Å². The predicted molar refractivity (Wildman–Crippen MR) is 105 cm³/mol. The highest BCUT2D eigenvalue weighted by Gasteiger charge is 2.36. The van der Waals surface area contributed by atoms with Crippen molar-refractivity contribution in [1.82, 2.24) is 0 Å². The third-order valence-electron chi connectivity index (χ3n) is 4.30. The Morgan fingerprint density at radius 1 is 1.11 bits per heavy atom. The number of hydrogen-bond donors (Lipinski definition) is 1. The summed E-state index contributed by atoms with van der Waals surface area (Å²) in [4.78, 5) is 26.6. The molecular formula is C19H18Cl2N2O4. The van der Waals surface area contributed by atoms with Crippen LogP contribution in [0.3, 0.4) is 0 Å². The SMILES string of the molecule is COc1ccc(N2C[C@@H](C(=O)Nc3cc(Cl)cc(Cl)c3)CC2=O)c(OC)c1. The van der Waals surface area contributed by atoms with Gasteiger partial charge in [-0.2, -0.15) is 0 Å². The van der Waals surface area contributed by atoms with E-state index in [1.54, 1.807) is 48.4 Å². The molecule has 0 radical (unpaired) electrons. The van der Waals surface area contributed by atoms with Crippen LogP contribution in [-0.4, -0.2) is 32.6 Å². The molecule has 2 amide bonds. The van der Waals surface area contributed by atoms with Crippen LogP contribution < -0.4 is 19.7 Å². The first-order chi connectivity index (χ1) is 12.9. The third kappa shape index (κ3) is 4.28. The fraction of sp³-hybridized carbons (Fsp3) is 0.263. The van der Waals surface area contributed by atoms with Gasteiger partial charge in [-0.1, -0.05) is 23.2 Å². The molecule has 8 heteroatoms. The molecule has 1 saturated heterocycles. The number of rotatable bonds is 5. The molecule has 27 heavy (non-hydrogen) atoms. The van der Waals surface area contributed by atoms with Gasteiger partial charge in [-0.3, -0.25) is 9.59 Å².